The van der Waals surface area contributed by atoms with Gasteiger partial charge in [-0.25, -0.2) is 0 Å². The van der Waals surface area contributed by atoms with Crippen LogP contribution in [0.5, 0.6) is 0 Å². The molecule has 1 rings (SSSR count). The predicted molar refractivity (Wildman–Crippen MR) is 63.1 cm³/mol. The van der Waals surface area contributed by atoms with Gasteiger partial charge in [-0.05, 0) is 24.6 Å². The van der Waals surface area contributed by atoms with E-state index < -0.39 is 5.51 Å². The van der Waals surface area contributed by atoms with Crippen LogP contribution in [0.4, 0.5) is 13.2 Å². The number of nitrogens with zero attached hydrogens (tertiary/aromatic N) is 1. The fourth-order valence-corrected chi connectivity index (χ4v) is 2.91. The zero-order valence-electron chi connectivity index (χ0n) is 9.10. The quantitative estimate of drug-likeness (QED) is 0.680. The van der Waals surface area contributed by atoms with E-state index in [9.17, 15) is 13.2 Å². The molecule has 1 aliphatic carbocycles. The molecule has 0 spiro atoms. The topological polar surface area (TPSA) is 3.24 Å². The second-order valence-corrected chi connectivity index (χ2v) is 5.50. The van der Waals surface area contributed by atoms with Crippen molar-refractivity contribution in [3.8, 4) is 0 Å². The molecule has 1 saturated carbocycles. The summed E-state index contributed by atoms with van der Waals surface area (Å²) in [4.78, 5) is 2.11. The molecule has 96 valence electrons. The number of hydrogen-bond donors (Lipinski definition) is 0. The van der Waals surface area contributed by atoms with Gasteiger partial charge in [-0.1, -0.05) is 12.8 Å². The van der Waals surface area contributed by atoms with Gasteiger partial charge in [-0.15, -0.1) is 11.6 Å². The zero-order valence-corrected chi connectivity index (χ0v) is 10.7. The second-order valence-electron chi connectivity index (χ2n) is 3.96. The lowest BCUT2D eigenvalue weighted by Crippen LogP contribution is -2.37. The van der Waals surface area contributed by atoms with Gasteiger partial charge < -0.3 is 0 Å². The third-order valence-electron chi connectivity index (χ3n) is 2.86. The lowest BCUT2D eigenvalue weighted by Gasteiger charge is -2.27. The molecular formula is C10H17ClF3NS. The largest absolute Gasteiger partial charge is 0.441 e. The summed E-state index contributed by atoms with van der Waals surface area (Å²) in [5.41, 5.74) is -4.11. The average Bonchev–Trinajstić information content (AvgIpc) is 2.67. The lowest BCUT2D eigenvalue weighted by molar-refractivity contribution is -0.0329. The normalized spacial score (nSPS) is 18.6. The first-order valence-corrected chi connectivity index (χ1v) is 7.05. The van der Waals surface area contributed by atoms with Crippen LogP contribution in [0, 0.1) is 0 Å². The van der Waals surface area contributed by atoms with Crippen molar-refractivity contribution in [1.29, 1.82) is 0 Å². The Morgan fingerprint density at radius 3 is 2.31 bits per heavy atom. The molecule has 6 heteroatoms. The van der Waals surface area contributed by atoms with E-state index in [0.29, 0.717) is 25.0 Å². The molecule has 0 unspecified atom stereocenters. The van der Waals surface area contributed by atoms with Gasteiger partial charge in [0.15, 0.2) is 0 Å². The van der Waals surface area contributed by atoms with Crippen LogP contribution in [-0.4, -0.2) is 41.2 Å². The van der Waals surface area contributed by atoms with Crippen molar-refractivity contribution < 1.29 is 13.2 Å². The molecule has 0 aromatic carbocycles. The summed E-state index contributed by atoms with van der Waals surface area (Å²) in [6, 6.07) is 0.451. The van der Waals surface area contributed by atoms with Gasteiger partial charge in [-0.3, -0.25) is 4.90 Å². The van der Waals surface area contributed by atoms with Gasteiger partial charge in [0.25, 0.3) is 0 Å². The Labute approximate surface area is 104 Å². The molecule has 0 aromatic heterocycles. The molecule has 0 bridgehead atoms. The van der Waals surface area contributed by atoms with Gasteiger partial charge in [0.1, 0.15) is 0 Å². The minimum absolute atomic E-state index is 0.0618. The average molecular weight is 276 g/mol. The molecule has 0 aromatic rings. The summed E-state index contributed by atoms with van der Waals surface area (Å²) in [5, 5.41) is 0. The summed E-state index contributed by atoms with van der Waals surface area (Å²) < 4.78 is 36.0. The van der Waals surface area contributed by atoms with Crippen LogP contribution >= 0.6 is 23.4 Å². The van der Waals surface area contributed by atoms with Crippen LogP contribution in [0.15, 0.2) is 0 Å². The molecule has 1 fully saturated rings. The second kappa shape index (κ2) is 6.97. The van der Waals surface area contributed by atoms with E-state index in [1.165, 1.54) is 12.8 Å². The van der Waals surface area contributed by atoms with Crippen molar-refractivity contribution in [1.82, 2.24) is 4.90 Å². The Morgan fingerprint density at radius 1 is 1.19 bits per heavy atom. The van der Waals surface area contributed by atoms with E-state index in [1.54, 1.807) is 0 Å². The minimum atomic E-state index is -4.11. The Kier molecular flexibility index (Phi) is 6.29. The molecule has 0 atom stereocenters. The predicted octanol–water partition coefficient (Wildman–Crippen LogP) is 3.72. The molecule has 0 N–H and O–H groups in total. The first-order valence-electron chi connectivity index (χ1n) is 5.53. The van der Waals surface area contributed by atoms with Crippen LogP contribution in [-0.2, 0) is 0 Å². The Morgan fingerprint density at radius 2 is 1.81 bits per heavy atom. The maximum absolute atomic E-state index is 12.0. The van der Waals surface area contributed by atoms with Gasteiger partial charge >= 0.3 is 5.51 Å². The van der Waals surface area contributed by atoms with E-state index >= 15 is 0 Å². The van der Waals surface area contributed by atoms with Crippen molar-refractivity contribution in [2.24, 2.45) is 0 Å². The smallest absolute Gasteiger partial charge is 0.298 e. The highest BCUT2D eigenvalue weighted by molar-refractivity contribution is 8.00. The first kappa shape index (κ1) is 14.5. The molecule has 0 amide bonds. The summed E-state index contributed by atoms with van der Waals surface area (Å²) in [6.07, 6.45) is 4.59. The highest BCUT2D eigenvalue weighted by atomic mass is 35.5. The molecule has 0 radical (unpaired) electrons. The third-order valence-corrected chi connectivity index (χ3v) is 3.74. The number of hydrogen-bond acceptors (Lipinski definition) is 2. The van der Waals surface area contributed by atoms with E-state index in [1.807, 2.05) is 0 Å². The van der Waals surface area contributed by atoms with Crippen LogP contribution in [0.25, 0.3) is 0 Å². The molecular weight excluding hydrogens is 259 g/mol. The van der Waals surface area contributed by atoms with Crippen molar-refractivity contribution in [2.45, 2.75) is 37.2 Å². The number of halogens is 4. The summed E-state index contributed by atoms with van der Waals surface area (Å²) in [6.45, 7) is 1.19. The Hall–Kier alpha value is 0.390. The van der Waals surface area contributed by atoms with E-state index in [2.05, 4.69) is 4.90 Å². The van der Waals surface area contributed by atoms with Gasteiger partial charge in [0, 0.05) is 30.8 Å². The third kappa shape index (κ3) is 5.64. The lowest BCUT2D eigenvalue weighted by atomic mass is 10.2. The highest BCUT2D eigenvalue weighted by Gasteiger charge is 2.29. The van der Waals surface area contributed by atoms with Gasteiger partial charge in [0.05, 0.1) is 0 Å². The summed E-state index contributed by atoms with van der Waals surface area (Å²) >= 11 is 5.73. The van der Waals surface area contributed by atoms with Crippen LogP contribution < -0.4 is 0 Å². The van der Waals surface area contributed by atoms with Crippen molar-refractivity contribution >= 4 is 23.4 Å². The minimum Gasteiger partial charge on any atom is -0.298 e. The molecule has 1 aliphatic rings. The molecule has 0 saturated heterocycles. The Balaban J connectivity index is 2.27. The van der Waals surface area contributed by atoms with Gasteiger partial charge in [0.2, 0.25) is 0 Å². The Bertz CT molecular complexity index is 195. The van der Waals surface area contributed by atoms with Crippen molar-refractivity contribution in [2.75, 3.05) is 24.7 Å². The molecule has 0 aliphatic heterocycles. The van der Waals surface area contributed by atoms with Crippen LogP contribution in [0.1, 0.15) is 25.7 Å². The number of alkyl halides is 4. The van der Waals surface area contributed by atoms with Crippen molar-refractivity contribution in [3.05, 3.63) is 0 Å². The zero-order chi connectivity index (χ0) is 12.0. The van der Waals surface area contributed by atoms with Gasteiger partial charge in [-0.2, -0.15) is 13.2 Å². The van der Waals surface area contributed by atoms with E-state index in [-0.39, 0.29) is 17.5 Å². The highest BCUT2D eigenvalue weighted by Crippen LogP contribution is 2.30. The number of thioether (sulfide) groups is 1. The first-order chi connectivity index (χ1) is 7.53. The molecule has 1 nitrogen and oxygen atoms in total. The van der Waals surface area contributed by atoms with E-state index in [4.69, 9.17) is 11.6 Å². The van der Waals surface area contributed by atoms with Crippen LogP contribution in [0.2, 0.25) is 0 Å². The summed E-state index contributed by atoms with van der Waals surface area (Å²) in [7, 11) is 0. The fraction of sp³-hybridized carbons (Fsp3) is 1.00. The van der Waals surface area contributed by atoms with E-state index in [0.717, 1.165) is 12.8 Å². The molecule has 0 heterocycles. The summed E-state index contributed by atoms with van der Waals surface area (Å²) in [5.74, 6) is 0.601. The maximum atomic E-state index is 12.0. The SMILES string of the molecule is FC(F)(F)SCCN(CCCl)C1CCCC1. The fourth-order valence-electron chi connectivity index (χ4n) is 2.13. The van der Waals surface area contributed by atoms with Crippen molar-refractivity contribution in [3.63, 3.8) is 0 Å². The van der Waals surface area contributed by atoms with Crippen LogP contribution in [0.3, 0.4) is 0 Å². The number of rotatable bonds is 6. The standard InChI is InChI=1S/C10H17ClF3NS/c11-5-6-15(9-3-1-2-4-9)7-8-16-10(12,13)14/h9H,1-8H2. The monoisotopic (exact) mass is 275 g/mol. The molecule has 16 heavy (non-hydrogen) atoms. The maximum Gasteiger partial charge on any atom is 0.441 e.